The van der Waals surface area contributed by atoms with Gasteiger partial charge in [0.25, 0.3) is 0 Å². The Morgan fingerprint density at radius 2 is 1.80 bits per heavy atom. The lowest BCUT2D eigenvalue weighted by Crippen LogP contribution is -2.29. The molecule has 1 aliphatic carbocycles. The molecule has 0 amide bonds. The van der Waals surface area contributed by atoms with Crippen LogP contribution < -0.4 is 0 Å². The van der Waals surface area contributed by atoms with Crippen LogP contribution in [0.25, 0.3) is 0 Å². The number of alkyl halides is 1. The van der Waals surface area contributed by atoms with Gasteiger partial charge in [0.05, 0.1) is 0 Å². The lowest BCUT2D eigenvalue weighted by atomic mass is 9.68. The molecule has 0 aromatic rings. The maximum Gasteiger partial charge on any atom is 0.00879 e. The Morgan fingerprint density at radius 1 is 1.13 bits per heavy atom. The zero-order valence-electron chi connectivity index (χ0n) is 10.5. The Labute approximate surface area is 104 Å². The summed E-state index contributed by atoms with van der Waals surface area (Å²) in [5, 5.41) is 1.23. The Bertz CT molecular complexity index is 157. The molecule has 1 aliphatic rings. The van der Waals surface area contributed by atoms with E-state index < -0.39 is 0 Å². The Morgan fingerprint density at radius 3 is 2.27 bits per heavy atom. The van der Waals surface area contributed by atoms with Gasteiger partial charge in [-0.2, -0.15) is 0 Å². The van der Waals surface area contributed by atoms with Crippen LogP contribution in [0.2, 0.25) is 0 Å². The second-order valence-electron chi connectivity index (χ2n) is 5.47. The van der Waals surface area contributed by atoms with E-state index in [1.807, 2.05) is 0 Å². The molecule has 0 unspecified atom stereocenters. The lowest BCUT2D eigenvalue weighted by Gasteiger charge is -2.39. The van der Waals surface area contributed by atoms with Crippen molar-refractivity contribution in [1.82, 2.24) is 0 Å². The van der Waals surface area contributed by atoms with Gasteiger partial charge >= 0.3 is 0 Å². The van der Waals surface area contributed by atoms with E-state index in [9.17, 15) is 0 Å². The Balaban J connectivity index is 2.32. The summed E-state index contributed by atoms with van der Waals surface area (Å²) in [7, 11) is 0. The van der Waals surface area contributed by atoms with Gasteiger partial charge in [-0.3, -0.25) is 0 Å². The minimum Gasteiger partial charge on any atom is -0.0922 e. The van der Waals surface area contributed by atoms with Crippen molar-refractivity contribution in [3.8, 4) is 0 Å². The number of halogens is 1. The smallest absolute Gasteiger partial charge is 0.00879 e. The molecule has 1 fully saturated rings. The number of rotatable bonds is 6. The molecule has 0 N–H and O–H groups in total. The highest BCUT2D eigenvalue weighted by molar-refractivity contribution is 9.09. The van der Waals surface area contributed by atoms with Crippen molar-refractivity contribution in [3.05, 3.63) is 0 Å². The number of unbranched alkanes of at least 4 members (excludes halogenated alkanes) is 1. The molecular formula is C14H27Br. The number of hydrogen-bond donors (Lipinski definition) is 0. The first kappa shape index (κ1) is 13.5. The van der Waals surface area contributed by atoms with Crippen molar-refractivity contribution in [2.75, 3.05) is 5.33 Å². The predicted octanol–water partition coefficient (Wildman–Crippen LogP) is 5.55. The maximum absolute atomic E-state index is 3.74. The highest BCUT2D eigenvalue weighted by Gasteiger charge is 2.33. The van der Waals surface area contributed by atoms with Crippen LogP contribution in [0.3, 0.4) is 0 Å². The van der Waals surface area contributed by atoms with Gasteiger partial charge in [0.2, 0.25) is 0 Å². The van der Waals surface area contributed by atoms with Crippen LogP contribution in [0.15, 0.2) is 0 Å². The summed E-state index contributed by atoms with van der Waals surface area (Å²) in [6, 6.07) is 0. The van der Waals surface area contributed by atoms with E-state index in [1.54, 1.807) is 0 Å². The van der Waals surface area contributed by atoms with Crippen LogP contribution >= 0.6 is 15.9 Å². The summed E-state index contributed by atoms with van der Waals surface area (Å²) in [5.74, 6) is 1.05. The van der Waals surface area contributed by atoms with Crippen LogP contribution in [-0.4, -0.2) is 5.33 Å². The predicted molar refractivity (Wildman–Crippen MR) is 72.6 cm³/mol. The van der Waals surface area contributed by atoms with Gasteiger partial charge in [-0.25, -0.2) is 0 Å². The molecule has 1 rings (SSSR count). The normalized spacial score (nSPS) is 31.8. The van der Waals surface area contributed by atoms with Gasteiger partial charge in [-0.15, -0.1) is 0 Å². The Hall–Kier alpha value is 0.480. The van der Waals surface area contributed by atoms with Crippen LogP contribution in [0.1, 0.15) is 71.6 Å². The minimum atomic E-state index is 0.664. The molecule has 90 valence electrons. The minimum absolute atomic E-state index is 0.664. The average Bonchev–Trinajstić information content (AvgIpc) is 2.29. The molecule has 0 saturated heterocycles. The van der Waals surface area contributed by atoms with Crippen molar-refractivity contribution in [2.45, 2.75) is 71.6 Å². The fourth-order valence-electron chi connectivity index (χ4n) is 3.05. The van der Waals surface area contributed by atoms with Crippen molar-refractivity contribution in [1.29, 1.82) is 0 Å². The molecule has 0 bridgehead atoms. The zero-order chi connectivity index (χ0) is 11.1. The summed E-state index contributed by atoms with van der Waals surface area (Å²) in [6.45, 7) is 4.64. The van der Waals surface area contributed by atoms with Gasteiger partial charge < -0.3 is 0 Å². The third-order valence-corrected chi connectivity index (χ3v) is 5.39. The van der Waals surface area contributed by atoms with E-state index >= 15 is 0 Å². The van der Waals surface area contributed by atoms with Gasteiger partial charge in [0.1, 0.15) is 0 Å². The maximum atomic E-state index is 3.74. The summed E-state index contributed by atoms with van der Waals surface area (Å²) in [4.78, 5) is 0. The van der Waals surface area contributed by atoms with Crippen molar-refractivity contribution in [3.63, 3.8) is 0 Å². The summed E-state index contributed by atoms with van der Waals surface area (Å²) in [5.41, 5.74) is 0.664. The highest BCUT2D eigenvalue weighted by atomic mass is 79.9. The molecule has 0 nitrogen and oxygen atoms in total. The molecule has 15 heavy (non-hydrogen) atoms. The first-order valence-corrected chi connectivity index (χ1v) is 7.94. The van der Waals surface area contributed by atoms with E-state index in [0.717, 1.165) is 5.92 Å². The van der Waals surface area contributed by atoms with E-state index in [-0.39, 0.29) is 0 Å². The number of hydrogen-bond acceptors (Lipinski definition) is 0. The molecular weight excluding hydrogens is 248 g/mol. The molecule has 0 aliphatic heterocycles. The molecule has 0 aromatic carbocycles. The molecule has 0 spiro atoms. The summed E-state index contributed by atoms with van der Waals surface area (Å²) < 4.78 is 0. The fourth-order valence-corrected chi connectivity index (χ4v) is 3.89. The van der Waals surface area contributed by atoms with Crippen molar-refractivity contribution < 1.29 is 0 Å². The molecule has 0 heterocycles. The van der Waals surface area contributed by atoms with Crippen molar-refractivity contribution in [2.24, 2.45) is 11.3 Å². The van der Waals surface area contributed by atoms with Gasteiger partial charge in [0, 0.05) is 5.33 Å². The largest absolute Gasteiger partial charge is 0.0922 e. The van der Waals surface area contributed by atoms with Gasteiger partial charge in [-0.1, -0.05) is 55.5 Å². The average molecular weight is 275 g/mol. The van der Waals surface area contributed by atoms with E-state index in [0.29, 0.717) is 5.41 Å². The second-order valence-corrected chi connectivity index (χ2v) is 6.03. The second kappa shape index (κ2) is 6.93. The van der Waals surface area contributed by atoms with Crippen LogP contribution in [0.5, 0.6) is 0 Å². The zero-order valence-corrected chi connectivity index (χ0v) is 12.1. The highest BCUT2D eigenvalue weighted by Crippen LogP contribution is 2.44. The third-order valence-electron chi connectivity index (χ3n) is 4.20. The van der Waals surface area contributed by atoms with Crippen LogP contribution in [-0.2, 0) is 0 Å². The Kier molecular flexibility index (Phi) is 6.26. The molecule has 0 aromatic heterocycles. The van der Waals surface area contributed by atoms with Crippen LogP contribution in [0, 0.1) is 11.3 Å². The van der Waals surface area contributed by atoms with E-state index in [1.165, 1.54) is 63.1 Å². The molecule has 1 heteroatoms. The van der Waals surface area contributed by atoms with Gasteiger partial charge in [-0.05, 0) is 43.4 Å². The molecule has 0 radical (unpaired) electrons. The standard InChI is InChI=1S/C14H27Br/c1-3-5-6-13-7-10-14(12-15,9-4-2)11-8-13/h13H,3-12H2,1-2H3. The van der Waals surface area contributed by atoms with Crippen LogP contribution in [0.4, 0.5) is 0 Å². The first-order chi connectivity index (χ1) is 7.26. The summed E-state index contributed by atoms with van der Waals surface area (Å²) >= 11 is 3.74. The van der Waals surface area contributed by atoms with Crippen molar-refractivity contribution >= 4 is 15.9 Å². The van der Waals surface area contributed by atoms with E-state index in [2.05, 4.69) is 29.8 Å². The molecule has 1 saturated carbocycles. The quantitative estimate of drug-likeness (QED) is 0.558. The lowest BCUT2D eigenvalue weighted by molar-refractivity contribution is 0.156. The summed E-state index contributed by atoms with van der Waals surface area (Å²) in [6.07, 6.45) is 13.0. The van der Waals surface area contributed by atoms with E-state index in [4.69, 9.17) is 0 Å². The third kappa shape index (κ3) is 4.09. The SMILES string of the molecule is CCCCC1CCC(CBr)(CCC)CC1. The molecule has 0 atom stereocenters. The fraction of sp³-hybridized carbons (Fsp3) is 1.00. The first-order valence-electron chi connectivity index (χ1n) is 6.82. The van der Waals surface area contributed by atoms with Gasteiger partial charge in [0.15, 0.2) is 0 Å². The monoisotopic (exact) mass is 274 g/mol. The topological polar surface area (TPSA) is 0 Å².